The number of amides is 1. The van der Waals surface area contributed by atoms with Gasteiger partial charge in [-0.1, -0.05) is 37.3 Å². The number of hydrogen-bond donors (Lipinski definition) is 2. The molecule has 1 amide bonds. The van der Waals surface area contributed by atoms with E-state index in [1.54, 1.807) is 6.92 Å². The average Bonchev–Trinajstić information content (AvgIpc) is 2.27. The first kappa shape index (κ1) is 12.2. The highest BCUT2D eigenvalue weighted by Crippen LogP contribution is 1.99. The van der Waals surface area contributed by atoms with Crippen molar-refractivity contribution in [1.29, 1.82) is 0 Å². The lowest BCUT2D eigenvalue weighted by atomic mass is 10.1. The second-order valence-corrected chi connectivity index (χ2v) is 3.71. The van der Waals surface area contributed by atoms with Crippen LogP contribution in [0.2, 0.25) is 0 Å². The van der Waals surface area contributed by atoms with Gasteiger partial charge in [0.1, 0.15) is 0 Å². The second kappa shape index (κ2) is 5.90. The molecule has 1 atom stereocenters. The van der Waals surface area contributed by atoms with Gasteiger partial charge < -0.3 is 10.4 Å². The van der Waals surface area contributed by atoms with Gasteiger partial charge in [0.25, 0.3) is 0 Å². The number of carboxylic acid groups (broad SMARTS) is 1. The summed E-state index contributed by atoms with van der Waals surface area (Å²) in [7, 11) is 0. The molecule has 1 rings (SSSR count). The Balaban J connectivity index is 2.35. The van der Waals surface area contributed by atoms with Gasteiger partial charge in [0, 0.05) is 6.54 Å². The topological polar surface area (TPSA) is 66.4 Å². The van der Waals surface area contributed by atoms with Crippen LogP contribution in [0.3, 0.4) is 0 Å². The van der Waals surface area contributed by atoms with Crippen LogP contribution in [-0.2, 0) is 16.0 Å². The van der Waals surface area contributed by atoms with Crippen molar-refractivity contribution in [3.63, 3.8) is 0 Å². The molecule has 0 saturated carbocycles. The Morgan fingerprint density at radius 1 is 1.31 bits per heavy atom. The maximum absolute atomic E-state index is 11.4. The molecule has 0 fully saturated rings. The van der Waals surface area contributed by atoms with E-state index >= 15 is 0 Å². The Labute approximate surface area is 94.3 Å². The third kappa shape index (κ3) is 4.13. The molecule has 0 aliphatic heterocycles. The highest BCUT2D eigenvalue weighted by Gasteiger charge is 2.11. The number of nitrogens with one attached hydrogen (secondary N) is 1. The molecule has 86 valence electrons. The first-order chi connectivity index (χ1) is 7.59. The Bertz CT molecular complexity index is 362. The largest absolute Gasteiger partial charge is 0.481 e. The Hall–Kier alpha value is -1.84. The summed E-state index contributed by atoms with van der Waals surface area (Å²) >= 11 is 0. The predicted molar refractivity (Wildman–Crippen MR) is 60.0 cm³/mol. The minimum absolute atomic E-state index is 0.153. The highest BCUT2D eigenvalue weighted by molar-refractivity contribution is 5.79. The minimum atomic E-state index is -0.903. The van der Waals surface area contributed by atoms with E-state index in [4.69, 9.17) is 5.11 Å². The Morgan fingerprint density at radius 3 is 2.50 bits per heavy atom. The summed E-state index contributed by atoms with van der Waals surface area (Å²) in [5.74, 6) is -1.61. The van der Waals surface area contributed by atoms with Crippen LogP contribution in [0.15, 0.2) is 30.3 Å². The molecular weight excluding hydrogens is 206 g/mol. The zero-order valence-corrected chi connectivity index (χ0v) is 9.14. The van der Waals surface area contributed by atoms with Crippen LogP contribution in [0.4, 0.5) is 0 Å². The Morgan fingerprint density at radius 2 is 1.94 bits per heavy atom. The van der Waals surface area contributed by atoms with Gasteiger partial charge >= 0.3 is 5.97 Å². The first-order valence-electron chi connectivity index (χ1n) is 5.13. The maximum Gasteiger partial charge on any atom is 0.308 e. The van der Waals surface area contributed by atoms with Crippen LogP contribution < -0.4 is 5.32 Å². The SMILES string of the molecule is CC(CNC(=O)Cc1ccccc1)C(=O)O. The molecule has 0 spiro atoms. The molecule has 0 aromatic heterocycles. The number of aliphatic carboxylic acids is 1. The van der Waals surface area contributed by atoms with Crippen LogP contribution >= 0.6 is 0 Å². The molecular formula is C12H15NO3. The zero-order chi connectivity index (χ0) is 12.0. The fourth-order valence-electron chi connectivity index (χ4n) is 1.20. The van der Waals surface area contributed by atoms with E-state index in [2.05, 4.69) is 5.32 Å². The van der Waals surface area contributed by atoms with Crippen molar-refractivity contribution in [2.24, 2.45) is 5.92 Å². The second-order valence-electron chi connectivity index (χ2n) is 3.71. The standard InChI is InChI=1S/C12H15NO3/c1-9(12(15)16)8-13-11(14)7-10-5-3-2-4-6-10/h2-6,9H,7-8H2,1H3,(H,13,14)(H,15,16). The monoisotopic (exact) mass is 221 g/mol. The van der Waals surface area contributed by atoms with Crippen LogP contribution in [0.1, 0.15) is 12.5 Å². The number of carboxylic acids is 1. The predicted octanol–water partition coefficient (Wildman–Crippen LogP) is 1.07. The van der Waals surface area contributed by atoms with E-state index in [0.717, 1.165) is 5.56 Å². The molecule has 4 heteroatoms. The third-order valence-electron chi connectivity index (χ3n) is 2.23. The van der Waals surface area contributed by atoms with E-state index in [1.165, 1.54) is 0 Å². The van der Waals surface area contributed by atoms with Gasteiger partial charge in [0.05, 0.1) is 12.3 Å². The first-order valence-corrected chi connectivity index (χ1v) is 5.13. The number of carbonyl (C=O) groups excluding carboxylic acids is 1. The van der Waals surface area contributed by atoms with Crippen molar-refractivity contribution >= 4 is 11.9 Å². The molecule has 0 heterocycles. The summed E-state index contributed by atoms with van der Waals surface area (Å²) < 4.78 is 0. The summed E-state index contributed by atoms with van der Waals surface area (Å²) in [5, 5.41) is 11.2. The average molecular weight is 221 g/mol. The lowest BCUT2D eigenvalue weighted by molar-refractivity contribution is -0.141. The number of benzene rings is 1. The molecule has 1 aromatic carbocycles. The Kier molecular flexibility index (Phi) is 4.51. The zero-order valence-electron chi connectivity index (χ0n) is 9.14. The highest BCUT2D eigenvalue weighted by atomic mass is 16.4. The number of hydrogen-bond acceptors (Lipinski definition) is 2. The van der Waals surface area contributed by atoms with Crippen molar-refractivity contribution in [2.75, 3.05) is 6.54 Å². The van der Waals surface area contributed by atoms with Gasteiger partial charge in [-0.3, -0.25) is 9.59 Å². The van der Waals surface area contributed by atoms with Crippen molar-refractivity contribution in [1.82, 2.24) is 5.32 Å². The summed E-state index contributed by atoms with van der Waals surface area (Å²) in [5.41, 5.74) is 0.919. The van der Waals surface area contributed by atoms with Gasteiger partial charge in [-0.2, -0.15) is 0 Å². The molecule has 0 saturated heterocycles. The van der Waals surface area contributed by atoms with Crippen LogP contribution in [0.25, 0.3) is 0 Å². The van der Waals surface area contributed by atoms with Gasteiger partial charge in [0.2, 0.25) is 5.91 Å². The molecule has 0 radical (unpaired) electrons. The van der Waals surface area contributed by atoms with E-state index in [9.17, 15) is 9.59 Å². The van der Waals surface area contributed by atoms with Crippen LogP contribution in [0.5, 0.6) is 0 Å². The quantitative estimate of drug-likeness (QED) is 0.781. The molecule has 4 nitrogen and oxygen atoms in total. The fourth-order valence-corrected chi connectivity index (χ4v) is 1.20. The molecule has 2 N–H and O–H groups in total. The van der Waals surface area contributed by atoms with Crippen molar-refractivity contribution in [2.45, 2.75) is 13.3 Å². The molecule has 0 aliphatic rings. The van der Waals surface area contributed by atoms with Crippen molar-refractivity contribution < 1.29 is 14.7 Å². The lowest BCUT2D eigenvalue weighted by Gasteiger charge is -2.08. The maximum atomic E-state index is 11.4. The summed E-state index contributed by atoms with van der Waals surface area (Å²) in [4.78, 5) is 22.0. The summed E-state index contributed by atoms with van der Waals surface area (Å²) in [6.45, 7) is 1.73. The lowest BCUT2D eigenvalue weighted by Crippen LogP contribution is -2.32. The van der Waals surface area contributed by atoms with E-state index in [1.807, 2.05) is 30.3 Å². The van der Waals surface area contributed by atoms with Gasteiger partial charge in [0.15, 0.2) is 0 Å². The molecule has 16 heavy (non-hydrogen) atoms. The van der Waals surface area contributed by atoms with Gasteiger partial charge in [-0.15, -0.1) is 0 Å². The number of carbonyl (C=O) groups is 2. The normalized spacial score (nSPS) is 11.8. The van der Waals surface area contributed by atoms with Crippen molar-refractivity contribution in [3.8, 4) is 0 Å². The summed E-state index contributed by atoms with van der Waals surface area (Å²) in [6, 6.07) is 9.33. The third-order valence-corrected chi connectivity index (χ3v) is 2.23. The van der Waals surface area contributed by atoms with E-state index < -0.39 is 11.9 Å². The van der Waals surface area contributed by atoms with Crippen LogP contribution in [-0.4, -0.2) is 23.5 Å². The van der Waals surface area contributed by atoms with Crippen molar-refractivity contribution in [3.05, 3.63) is 35.9 Å². The summed E-state index contributed by atoms with van der Waals surface area (Å²) in [6.07, 6.45) is 0.285. The van der Waals surface area contributed by atoms with Gasteiger partial charge in [-0.05, 0) is 5.56 Å². The fraction of sp³-hybridized carbons (Fsp3) is 0.333. The van der Waals surface area contributed by atoms with Gasteiger partial charge in [-0.25, -0.2) is 0 Å². The smallest absolute Gasteiger partial charge is 0.308 e. The van der Waals surface area contributed by atoms with Crippen LogP contribution in [0, 0.1) is 5.92 Å². The van der Waals surface area contributed by atoms with E-state index in [-0.39, 0.29) is 18.9 Å². The number of rotatable bonds is 5. The molecule has 1 aromatic rings. The van der Waals surface area contributed by atoms with E-state index in [0.29, 0.717) is 0 Å². The minimum Gasteiger partial charge on any atom is -0.481 e. The molecule has 0 aliphatic carbocycles. The molecule has 0 bridgehead atoms. The molecule has 1 unspecified atom stereocenters.